The predicted molar refractivity (Wildman–Crippen MR) is 227 cm³/mol. The SMILES string of the molecule is Cc1ccc2ccccc2c1-c1ccc2c(c1)c1cccc3c4cc5c6ccc(-c7c(C)ccc8ccccc78)cc6c6cccc(c4cc2c13)c65. The molecule has 0 radical (unpaired) electrons. The minimum absolute atomic E-state index is 1.28. The fourth-order valence-corrected chi connectivity index (χ4v) is 9.88. The quantitative estimate of drug-likeness (QED) is 0.162. The lowest BCUT2D eigenvalue weighted by Gasteiger charge is -2.11. The van der Waals surface area contributed by atoms with Crippen LogP contribution in [0, 0.1) is 13.8 Å². The average molecular weight is 657 g/mol. The van der Waals surface area contributed by atoms with Crippen LogP contribution in [0.3, 0.4) is 0 Å². The van der Waals surface area contributed by atoms with E-state index >= 15 is 0 Å². The van der Waals surface area contributed by atoms with E-state index in [1.54, 1.807) is 0 Å². The molecule has 0 saturated heterocycles. The van der Waals surface area contributed by atoms with Crippen LogP contribution in [0.15, 0.2) is 158 Å². The van der Waals surface area contributed by atoms with E-state index < -0.39 is 0 Å². The largest absolute Gasteiger partial charge is 0.0616 e. The highest BCUT2D eigenvalue weighted by molar-refractivity contribution is 6.41. The van der Waals surface area contributed by atoms with Gasteiger partial charge in [0.25, 0.3) is 0 Å². The Morgan fingerprint density at radius 3 is 1.08 bits per heavy atom. The zero-order valence-electron chi connectivity index (χ0n) is 29.0. The summed E-state index contributed by atoms with van der Waals surface area (Å²) in [5.41, 5.74) is 7.84. The Hall–Kier alpha value is -6.50. The molecule has 0 atom stereocenters. The zero-order chi connectivity index (χ0) is 34.2. The summed E-state index contributed by atoms with van der Waals surface area (Å²) in [6.07, 6.45) is 0. The van der Waals surface area contributed by atoms with Crippen LogP contribution in [0.5, 0.6) is 0 Å². The monoisotopic (exact) mass is 656 g/mol. The van der Waals surface area contributed by atoms with Gasteiger partial charge >= 0.3 is 0 Å². The van der Waals surface area contributed by atoms with Gasteiger partial charge in [0.1, 0.15) is 0 Å². The molecular weight excluding hydrogens is 625 g/mol. The molecule has 0 nitrogen and oxygen atoms in total. The van der Waals surface area contributed by atoms with Crippen LogP contribution in [0.1, 0.15) is 11.1 Å². The molecule has 0 spiro atoms. The third-order valence-corrected chi connectivity index (χ3v) is 12.2. The van der Waals surface area contributed by atoms with Gasteiger partial charge in [-0.3, -0.25) is 0 Å². The Balaban J connectivity index is 1.14. The van der Waals surface area contributed by atoms with Gasteiger partial charge in [0, 0.05) is 0 Å². The van der Waals surface area contributed by atoms with E-state index in [9.17, 15) is 0 Å². The summed E-state index contributed by atoms with van der Waals surface area (Å²) in [4.78, 5) is 0. The smallest absolute Gasteiger partial charge is 0.00199 e. The second-order valence-corrected chi connectivity index (χ2v) is 14.9. The molecule has 12 aromatic carbocycles. The molecule has 0 bridgehead atoms. The molecule has 52 heavy (non-hydrogen) atoms. The maximum absolute atomic E-state index is 2.49. The lowest BCUT2D eigenvalue weighted by molar-refractivity contribution is 1.49. The van der Waals surface area contributed by atoms with Crippen molar-refractivity contribution in [2.75, 3.05) is 0 Å². The van der Waals surface area contributed by atoms with E-state index in [0.717, 1.165) is 0 Å². The molecule has 0 aliphatic rings. The highest BCUT2D eigenvalue weighted by Gasteiger charge is 2.21. The maximum Gasteiger partial charge on any atom is -0.00199 e. The van der Waals surface area contributed by atoms with E-state index in [0.29, 0.717) is 0 Å². The molecule has 12 rings (SSSR count). The molecule has 0 N–H and O–H groups in total. The van der Waals surface area contributed by atoms with Crippen molar-refractivity contribution in [3.8, 4) is 22.3 Å². The van der Waals surface area contributed by atoms with Crippen LogP contribution in [-0.4, -0.2) is 0 Å². The molecule has 0 aromatic heterocycles. The predicted octanol–water partition coefficient (Wildman–Crippen LogP) is 14.9. The Morgan fingerprint density at radius 2 is 0.635 bits per heavy atom. The Kier molecular flexibility index (Phi) is 5.46. The van der Waals surface area contributed by atoms with Crippen LogP contribution >= 0.6 is 0 Å². The number of aryl methyl sites for hydroxylation is 2. The van der Waals surface area contributed by atoms with E-state index in [-0.39, 0.29) is 0 Å². The minimum atomic E-state index is 1.28. The van der Waals surface area contributed by atoms with Crippen molar-refractivity contribution in [3.63, 3.8) is 0 Å². The molecule has 0 heteroatoms. The molecular formula is C52H32. The first kappa shape index (κ1) is 28.2. The van der Waals surface area contributed by atoms with Crippen LogP contribution in [-0.2, 0) is 0 Å². The van der Waals surface area contributed by atoms with Gasteiger partial charge in [-0.2, -0.15) is 0 Å². The summed E-state index contributed by atoms with van der Waals surface area (Å²) in [5, 5.41) is 24.0. The fourth-order valence-electron chi connectivity index (χ4n) is 9.88. The lowest BCUT2D eigenvalue weighted by Crippen LogP contribution is -1.86. The van der Waals surface area contributed by atoms with Crippen LogP contribution in [0.25, 0.3) is 119 Å². The topological polar surface area (TPSA) is 0 Å². The zero-order valence-corrected chi connectivity index (χ0v) is 29.0. The van der Waals surface area contributed by atoms with Gasteiger partial charge in [0.15, 0.2) is 0 Å². The molecule has 0 heterocycles. The standard InChI is InChI=1S/C52H32/c1-29-17-19-31-9-3-5-11-35(31)49(29)33-21-23-37-43(25-33)39-13-7-15-41-46-28-48-38-24-22-34(50-30(2)18-20-32-10-4-6-12-36(32)50)26-44(38)40-14-8-16-42(52(40)48)45(46)27-47(37)51(39)41/h3-28H,1-2H3. The molecule has 0 fully saturated rings. The molecule has 0 amide bonds. The van der Waals surface area contributed by atoms with E-state index in [4.69, 9.17) is 0 Å². The molecule has 0 saturated carbocycles. The fraction of sp³-hybridized carbons (Fsp3) is 0.0385. The summed E-state index contributed by atoms with van der Waals surface area (Å²) in [7, 11) is 0. The van der Waals surface area contributed by atoms with Gasteiger partial charge in [0.05, 0.1) is 0 Å². The van der Waals surface area contributed by atoms with Gasteiger partial charge in [-0.25, -0.2) is 0 Å². The van der Waals surface area contributed by atoms with E-state index in [1.807, 2.05) is 0 Å². The number of hydrogen-bond acceptors (Lipinski definition) is 0. The van der Waals surface area contributed by atoms with Gasteiger partial charge in [-0.1, -0.05) is 133 Å². The first-order valence-electron chi connectivity index (χ1n) is 18.3. The highest BCUT2D eigenvalue weighted by atomic mass is 14.2. The summed E-state index contributed by atoms with van der Waals surface area (Å²) in [5.74, 6) is 0. The Bertz CT molecular complexity index is 3240. The maximum atomic E-state index is 2.49. The third-order valence-electron chi connectivity index (χ3n) is 12.2. The summed E-state index contributed by atoms with van der Waals surface area (Å²) in [6.45, 7) is 4.48. The molecule has 12 aromatic rings. The van der Waals surface area contributed by atoms with Crippen molar-refractivity contribution in [2.45, 2.75) is 13.8 Å². The van der Waals surface area contributed by atoms with Crippen molar-refractivity contribution in [1.82, 2.24) is 0 Å². The first-order valence-corrected chi connectivity index (χ1v) is 18.3. The number of hydrogen-bond donors (Lipinski definition) is 0. The van der Waals surface area contributed by atoms with Gasteiger partial charge in [0.2, 0.25) is 0 Å². The number of rotatable bonds is 2. The average Bonchev–Trinajstić information content (AvgIpc) is 3.68. The normalized spacial score (nSPS) is 12.4. The summed E-state index contributed by atoms with van der Waals surface area (Å²) < 4.78 is 0. The first-order chi connectivity index (χ1) is 25.6. The second-order valence-electron chi connectivity index (χ2n) is 14.9. The molecule has 0 aliphatic heterocycles. The van der Waals surface area contributed by atoms with Crippen LogP contribution in [0.4, 0.5) is 0 Å². The van der Waals surface area contributed by atoms with Crippen molar-refractivity contribution in [1.29, 1.82) is 0 Å². The highest BCUT2D eigenvalue weighted by Crippen LogP contribution is 2.49. The van der Waals surface area contributed by atoms with Crippen molar-refractivity contribution in [3.05, 3.63) is 169 Å². The minimum Gasteiger partial charge on any atom is -0.0616 e. The van der Waals surface area contributed by atoms with Gasteiger partial charge < -0.3 is 0 Å². The molecule has 240 valence electrons. The van der Waals surface area contributed by atoms with Gasteiger partial charge in [-0.05, 0) is 168 Å². The molecule has 0 unspecified atom stereocenters. The van der Waals surface area contributed by atoms with Crippen molar-refractivity contribution < 1.29 is 0 Å². The Morgan fingerprint density at radius 1 is 0.250 bits per heavy atom. The van der Waals surface area contributed by atoms with E-state index in [2.05, 4.69) is 172 Å². The summed E-state index contributed by atoms with van der Waals surface area (Å²) in [6, 6.07) is 59.7. The van der Waals surface area contributed by atoms with Crippen molar-refractivity contribution >= 4 is 97.0 Å². The number of fused-ring (bicyclic) bond motifs is 11. The molecule has 0 aliphatic carbocycles. The summed E-state index contributed by atoms with van der Waals surface area (Å²) >= 11 is 0. The second kappa shape index (κ2) is 10.1. The number of benzene rings is 10. The third kappa shape index (κ3) is 3.61. The van der Waals surface area contributed by atoms with Crippen LogP contribution in [0.2, 0.25) is 0 Å². The van der Waals surface area contributed by atoms with Gasteiger partial charge in [-0.15, -0.1) is 0 Å². The lowest BCUT2D eigenvalue weighted by atomic mass is 9.93. The van der Waals surface area contributed by atoms with E-state index in [1.165, 1.54) is 130 Å². The van der Waals surface area contributed by atoms with Crippen LogP contribution < -0.4 is 0 Å². The Labute approximate surface area is 300 Å². The van der Waals surface area contributed by atoms with Crippen molar-refractivity contribution in [2.24, 2.45) is 0 Å².